The zero-order chi connectivity index (χ0) is 13.2. The van der Waals surface area contributed by atoms with Gasteiger partial charge in [-0.25, -0.2) is 8.42 Å². The molecular weight excluding hydrogens is 349 g/mol. The Bertz CT molecular complexity index is 519. The quantitative estimate of drug-likeness (QED) is 0.834. The number of anilines is 1. The number of nitrogens with one attached hydrogen (secondary N) is 1. The van der Waals surface area contributed by atoms with E-state index in [1.807, 2.05) is 0 Å². The van der Waals surface area contributed by atoms with Crippen molar-refractivity contribution in [2.75, 3.05) is 17.3 Å². The van der Waals surface area contributed by atoms with E-state index in [-0.39, 0.29) is 11.8 Å². The second kappa shape index (κ2) is 5.78. The van der Waals surface area contributed by atoms with Gasteiger partial charge in [-0.05, 0) is 35.0 Å². The molecule has 0 aliphatic heterocycles. The minimum Gasteiger partial charge on any atom is -0.380 e. The Hall–Kier alpha value is 0.0300. The molecule has 0 saturated carbocycles. The van der Waals surface area contributed by atoms with Crippen LogP contribution >= 0.6 is 39.1 Å². The summed E-state index contributed by atoms with van der Waals surface area (Å²) in [4.78, 5) is 0. The lowest BCUT2D eigenvalue weighted by atomic mass is 10.3. The lowest BCUT2D eigenvalue weighted by Crippen LogP contribution is -2.25. The van der Waals surface area contributed by atoms with Crippen LogP contribution in [0.3, 0.4) is 0 Å². The molecule has 0 amide bonds. The zero-order valence-corrected chi connectivity index (χ0v) is 13.2. The normalized spacial score (nSPS) is 13.5. The fourth-order valence-electron chi connectivity index (χ4n) is 1.40. The molecule has 0 radical (unpaired) electrons. The van der Waals surface area contributed by atoms with Crippen molar-refractivity contribution in [3.8, 4) is 0 Å². The van der Waals surface area contributed by atoms with Gasteiger partial charge < -0.3 is 5.32 Å². The third-order valence-electron chi connectivity index (χ3n) is 1.99. The van der Waals surface area contributed by atoms with Crippen LogP contribution in [-0.4, -0.2) is 26.5 Å². The molecule has 0 aliphatic rings. The van der Waals surface area contributed by atoms with Crippen molar-refractivity contribution in [2.24, 2.45) is 0 Å². The van der Waals surface area contributed by atoms with Crippen molar-refractivity contribution in [1.82, 2.24) is 0 Å². The molecule has 3 nitrogen and oxygen atoms in total. The Morgan fingerprint density at radius 3 is 2.47 bits per heavy atom. The van der Waals surface area contributed by atoms with Crippen LogP contribution in [0.2, 0.25) is 10.0 Å². The van der Waals surface area contributed by atoms with Gasteiger partial charge in [0, 0.05) is 16.8 Å². The number of hydrogen-bond donors (Lipinski definition) is 1. The van der Waals surface area contributed by atoms with Gasteiger partial charge in [-0.3, -0.25) is 0 Å². The Balaban J connectivity index is 2.86. The molecule has 17 heavy (non-hydrogen) atoms. The Kier molecular flexibility index (Phi) is 5.13. The molecule has 1 atom stereocenters. The predicted molar refractivity (Wildman–Crippen MR) is 77.0 cm³/mol. The Morgan fingerprint density at radius 1 is 1.35 bits per heavy atom. The van der Waals surface area contributed by atoms with Gasteiger partial charge in [0.05, 0.1) is 21.5 Å². The van der Waals surface area contributed by atoms with Gasteiger partial charge in [0.1, 0.15) is 9.84 Å². The van der Waals surface area contributed by atoms with Crippen LogP contribution in [0.4, 0.5) is 5.69 Å². The lowest BCUT2D eigenvalue weighted by molar-refractivity contribution is 0.598. The van der Waals surface area contributed by atoms with Crippen molar-refractivity contribution in [1.29, 1.82) is 0 Å². The SMILES string of the molecule is CC(CS(C)(=O)=O)Nc1ccc(Br)c(Cl)c1Cl. The maximum absolute atomic E-state index is 11.1. The standard InChI is InChI=1S/C10H12BrCl2NO2S/c1-6(5-17(2,15)16)14-8-4-3-7(11)9(12)10(8)13/h3-4,6,14H,5H2,1-2H3. The monoisotopic (exact) mass is 359 g/mol. The predicted octanol–water partition coefficient (Wildman–Crippen LogP) is 3.60. The van der Waals surface area contributed by atoms with E-state index in [9.17, 15) is 8.42 Å². The first-order valence-electron chi connectivity index (χ1n) is 4.78. The second-order valence-corrected chi connectivity index (χ2v) is 7.66. The average Bonchev–Trinajstić information content (AvgIpc) is 2.16. The molecule has 0 saturated heterocycles. The summed E-state index contributed by atoms with van der Waals surface area (Å²) in [6.07, 6.45) is 1.20. The highest BCUT2D eigenvalue weighted by Crippen LogP contribution is 2.36. The van der Waals surface area contributed by atoms with Gasteiger partial charge in [0.25, 0.3) is 0 Å². The largest absolute Gasteiger partial charge is 0.380 e. The molecule has 0 heterocycles. The van der Waals surface area contributed by atoms with Crippen LogP contribution in [-0.2, 0) is 9.84 Å². The smallest absolute Gasteiger partial charge is 0.149 e. The Labute approximate surface area is 120 Å². The minimum atomic E-state index is -3.02. The first-order valence-corrected chi connectivity index (χ1v) is 8.39. The van der Waals surface area contributed by atoms with E-state index in [0.29, 0.717) is 20.2 Å². The molecule has 1 rings (SSSR count). The van der Waals surface area contributed by atoms with Crippen molar-refractivity contribution in [3.05, 3.63) is 26.7 Å². The van der Waals surface area contributed by atoms with Crippen LogP contribution in [0.15, 0.2) is 16.6 Å². The molecule has 0 fully saturated rings. The summed E-state index contributed by atoms with van der Waals surface area (Å²) in [6.45, 7) is 1.77. The van der Waals surface area contributed by atoms with Crippen molar-refractivity contribution < 1.29 is 8.42 Å². The fourth-order valence-corrected chi connectivity index (χ4v) is 3.22. The Morgan fingerprint density at radius 2 is 1.94 bits per heavy atom. The highest BCUT2D eigenvalue weighted by Gasteiger charge is 2.13. The first-order chi connectivity index (χ1) is 7.70. The molecular formula is C10H12BrCl2NO2S. The molecule has 96 valence electrons. The molecule has 0 aliphatic carbocycles. The van der Waals surface area contributed by atoms with Gasteiger partial charge in [-0.1, -0.05) is 23.2 Å². The molecule has 1 aromatic carbocycles. The second-order valence-electron chi connectivity index (χ2n) is 3.86. The third kappa shape index (κ3) is 4.66. The summed E-state index contributed by atoms with van der Waals surface area (Å²) in [5, 5.41) is 3.80. The highest BCUT2D eigenvalue weighted by atomic mass is 79.9. The van der Waals surface area contributed by atoms with E-state index < -0.39 is 9.84 Å². The highest BCUT2D eigenvalue weighted by molar-refractivity contribution is 9.10. The van der Waals surface area contributed by atoms with Gasteiger partial charge in [-0.2, -0.15) is 0 Å². The zero-order valence-electron chi connectivity index (χ0n) is 9.30. The van der Waals surface area contributed by atoms with Crippen molar-refractivity contribution >= 4 is 54.7 Å². The molecule has 7 heteroatoms. The summed E-state index contributed by atoms with van der Waals surface area (Å²) >= 11 is 15.3. The maximum Gasteiger partial charge on any atom is 0.149 e. The molecule has 1 unspecified atom stereocenters. The van der Waals surface area contributed by atoms with Crippen molar-refractivity contribution in [2.45, 2.75) is 13.0 Å². The fraction of sp³-hybridized carbons (Fsp3) is 0.400. The molecule has 0 bridgehead atoms. The number of hydrogen-bond acceptors (Lipinski definition) is 3. The van der Waals surface area contributed by atoms with Crippen LogP contribution in [0.1, 0.15) is 6.92 Å². The van der Waals surface area contributed by atoms with Gasteiger partial charge >= 0.3 is 0 Å². The first kappa shape index (κ1) is 15.1. The van der Waals surface area contributed by atoms with Crippen LogP contribution in [0.5, 0.6) is 0 Å². The van der Waals surface area contributed by atoms with Crippen LogP contribution in [0.25, 0.3) is 0 Å². The van der Waals surface area contributed by atoms with Gasteiger partial charge in [0.2, 0.25) is 0 Å². The van der Waals surface area contributed by atoms with Crippen molar-refractivity contribution in [3.63, 3.8) is 0 Å². The van der Waals surface area contributed by atoms with E-state index in [2.05, 4.69) is 21.2 Å². The number of benzene rings is 1. The maximum atomic E-state index is 11.1. The molecule has 1 aromatic rings. The minimum absolute atomic E-state index is 0.0387. The third-order valence-corrected chi connectivity index (χ3v) is 4.87. The number of halogens is 3. The molecule has 0 aromatic heterocycles. The average molecular weight is 361 g/mol. The van der Waals surface area contributed by atoms with E-state index in [1.165, 1.54) is 6.26 Å². The van der Waals surface area contributed by atoms with Gasteiger partial charge in [-0.15, -0.1) is 0 Å². The summed E-state index contributed by atoms with van der Waals surface area (Å²) in [5.41, 5.74) is 0.621. The number of sulfone groups is 1. The topological polar surface area (TPSA) is 46.2 Å². The van der Waals surface area contributed by atoms with E-state index in [4.69, 9.17) is 23.2 Å². The number of rotatable bonds is 4. The van der Waals surface area contributed by atoms with Crippen LogP contribution in [0, 0.1) is 0 Å². The van der Waals surface area contributed by atoms with E-state index in [0.717, 1.165) is 0 Å². The molecule has 1 N–H and O–H groups in total. The van der Waals surface area contributed by atoms with E-state index >= 15 is 0 Å². The van der Waals surface area contributed by atoms with E-state index in [1.54, 1.807) is 19.1 Å². The summed E-state index contributed by atoms with van der Waals surface area (Å²) in [5.74, 6) is 0.0387. The van der Waals surface area contributed by atoms with Gasteiger partial charge in [0.15, 0.2) is 0 Å². The summed E-state index contributed by atoms with van der Waals surface area (Å²) in [6, 6.07) is 3.26. The molecule has 0 spiro atoms. The lowest BCUT2D eigenvalue weighted by Gasteiger charge is -2.16. The summed E-state index contributed by atoms with van der Waals surface area (Å²) in [7, 11) is -3.02. The van der Waals surface area contributed by atoms with Crippen LogP contribution < -0.4 is 5.32 Å². The summed E-state index contributed by atoms with van der Waals surface area (Å²) < 4.78 is 23.0.